The largest absolute Gasteiger partial charge is 0.439 e. The smallest absolute Gasteiger partial charge is 0.219 e. The summed E-state index contributed by atoms with van der Waals surface area (Å²) in [4.78, 5) is 4.52. The molecule has 0 bridgehead atoms. The van der Waals surface area contributed by atoms with Crippen molar-refractivity contribution in [2.45, 2.75) is 39.8 Å². The van der Waals surface area contributed by atoms with Gasteiger partial charge < -0.3 is 10.1 Å². The second kappa shape index (κ2) is 6.58. The molecule has 0 aliphatic heterocycles. The van der Waals surface area contributed by atoms with E-state index >= 15 is 0 Å². The minimum Gasteiger partial charge on any atom is -0.439 e. The number of halogens is 1. The van der Waals surface area contributed by atoms with Crippen LogP contribution in [0.2, 0.25) is 0 Å². The predicted molar refractivity (Wildman–Crippen MR) is 89.8 cm³/mol. The first kappa shape index (κ1) is 16.0. The number of pyridine rings is 1. The molecule has 0 aliphatic carbocycles. The maximum absolute atomic E-state index is 5.78. The maximum atomic E-state index is 5.78. The summed E-state index contributed by atoms with van der Waals surface area (Å²) in [5, 5.41) is 3.47. The summed E-state index contributed by atoms with van der Waals surface area (Å²) in [6.07, 6.45) is 0. The van der Waals surface area contributed by atoms with Crippen LogP contribution in [0.25, 0.3) is 0 Å². The van der Waals surface area contributed by atoms with E-state index in [2.05, 4.69) is 53.1 Å². The third kappa shape index (κ3) is 5.14. The number of rotatable bonds is 4. The molecule has 0 saturated carbocycles. The Kier molecular flexibility index (Phi) is 5.01. The van der Waals surface area contributed by atoms with Crippen LogP contribution in [-0.4, -0.2) is 10.5 Å². The Hall–Kier alpha value is -1.39. The van der Waals surface area contributed by atoms with Crippen LogP contribution in [0, 0.1) is 6.92 Å². The Morgan fingerprint density at radius 3 is 2.57 bits per heavy atom. The lowest BCUT2D eigenvalue weighted by Crippen LogP contribution is -2.35. The van der Waals surface area contributed by atoms with E-state index in [1.165, 1.54) is 5.56 Å². The van der Waals surface area contributed by atoms with Crippen molar-refractivity contribution in [3.8, 4) is 11.6 Å². The second-order valence-electron chi connectivity index (χ2n) is 6.06. The molecule has 2 aromatic rings. The fourth-order valence-electron chi connectivity index (χ4n) is 1.82. The van der Waals surface area contributed by atoms with Gasteiger partial charge in [-0.2, -0.15) is 0 Å². The van der Waals surface area contributed by atoms with Gasteiger partial charge in [0.25, 0.3) is 0 Å². The third-order valence-electron chi connectivity index (χ3n) is 3.00. The lowest BCUT2D eigenvalue weighted by Gasteiger charge is -2.21. The van der Waals surface area contributed by atoms with Gasteiger partial charge in [-0.3, -0.25) is 0 Å². The molecule has 21 heavy (non-hydrogen) atoms. The number of benzene rings is 1. The third-order valence-corrected chi connectivity index (χ3v) is 3.49. The zero-order chi connectivity index (χ0) is 15.5. The van der Waals surface area contributed by atoms with Gasteiger partial charge in [-0.25, -0.2) is 4.98 Å². The Labute approximate surface area is 134 Å². The summed E-state index contributed by atoms with van der Waals surface area (Å²) in [6, 6.07) is 11.7. The molecule has 0 spiro atoms. The molecule has 0 aliphatic rings. The molecule has 1 aromatic heterocycles. The quantitative estimate of drug-likeness (QED) is 0.858. The van der Waals surface area contributed by atoms with Gasteiger partial charge in [0, 0.05) is 28.3 Å². The highest BCUT2D eigenvalue weighted by Gasteiger charge is 2.10. The molecule has 1 N–H and O–H groups in total. The summed E-state index contributed by atoms with van der Waals surface area (Å²) in [5.41, 5.74) is 2.27. The average Bonchev–Trinajstić information content (AvgIpc) is 2.36. The van der Waals surface area contributed by atoms with Crippen molar-refractivity contribution in [2.24, 2.45) is 0 Å². The molecule has 2 rings (SSSR count). The van der Waals surface area contributed by atoms with Crippen molar-refractivity contribution >= 4 is 15.9 Å². The first-order valence-electron chi connectivity index (χ1n) is 6.98. The normalized spacial score (nSPS) is 11.5. The average molecular weight is 349 g/mol. The number of hydrogen-bond acceptors (Lipinski definition) is 3. The van der Waals surface area contributed by atoms with Crippen LogP contribution < -0.4 is 10.1 Å². The zero-order valence-corrected chi connectivity index (χ0v) is 14.5. The highest BCUT2D eigenvalue weighted by molar-refractivity contribution is 9.10. The van der Waals surface area contributed by atoms with E-state index in [1.54, 1.807) is 0 Å². The minimum atomic E-state index is 0.0952. The molecule has 0 amide bonds. The zero-order valence-electron chi connectivity index (χ0n) is 12.9. The Balaban J connectivity index is 2.08. The van der Waals surface area contributed by atoms with E-state index in [0.29, 0.717) is 5.88 Å². The first-order valence-corrected chi connectivity index (χ1v) is 7.78. The summed E-state index contributed by atoms with van der Waals surface area (Å²) >= 11 is 3.43. The lowest BCUT2D eigenvalue weighted by atomic mass is 10.1. The fraction of sp³-hybridized carbons (Fsp3) is 0.353. The van der Waals surface area contributed by atoms with Gasteiger partial charge in [0.15, 0.2) is 0 Å². The van der Waals surface area contributed by atoms with Crippen molar-refractivity contribution in [3.63, 3.8) is 0 Å². The lowest BCUT2D eigenvalue weighted by molar-refractivity contribution is 0.422. The van der Waals surface area contributed by atoms with Crippen molar-refractivity contribution in [1.29, 1.82) is 0 Å². The van der Waals surface area contributed by atoms with Crippen molar-refractivity contribution in [2.75, 3.05) is 0 Å². The summed E-state index contributed by atoms with van der Waals surface area (Å²) in [5.74, 6) is 1.39. The van der Waals surface area contributed by atoms with Crippen LogP contribution in [0.5, 0.6) is 11.6 Å². The molecule has 3 nitrogen and oxygen atoms in total. The molecule has 1 aromatic carbocycles. The maximum Gasteiger partial charge on any atom is 0.219 e. The standard InChI is InChI=1S/C17H21BrN2O/c1-12-13(11-19-17(2,3)4)8-9-16(20-12)21-15-7-5-6-14(18)10-15/h5-10,19H,11H2,1-4H3. The first-order chi connectivity index (χ1) is 9.83. The molecule has 0 radical (unpaired) electrons. The van der Waals surface area contributed by atoms with Crippen LogP contribution in [0.3, 0.4) is 0 Å². The van der Waals surface area contributed by atoms with E-state index in [-0.39, 0.29) is 5.54 Å². The van der Waals surface area contributed by atoms with Crippen LogP contribution in [-0.2, 0) is 6.54 Å². The van der Waals surface area contributed by atoms with E-state index in [9.17, 15) is 0 Å². The van der Waals surface area contributed by atoms with Gasteiger partial charge >= 0.3 is 0 Å². The van der Waals surface area contributed by atoms with E-state index in [0.717, 1.165) is 22.5 Å². The summed E-state index contributed by atoms with van der Waals surface area (Å²) in [6.45, 7) is 9.27. The predicted octanol–water partition coefficient (Wildman–Crippen LogP) is 4.83. The van der Waals surface area contributed by atoms with Crippen molar-refractivity contribution in [1.82, 2.24) is 10.3 Å². The topological polar surface area (TPSA) is 34.1 Å². The molecular weight excluding hydrogens is 328 g/mol. The molecule has 1 heterocycles. The highest BCUT2D eigenvalue weighted by Crippen LogP contribution is 2.24. The molecule has 112 valence electrons. The van der Waals surface area contributed by atoms with E-state index < -0.39 is 0 Å². The molecule has 0 saturated heterocycles. The van der Waals surface area contributed by atoms with Gasteiger partial charge in [0.1, 0.15) is 5.75 Å². The van der Waals surface area contributed by atoms with Gasteiger partial charge in [-0.05, 0) is 51.5 Å². The molecule has 0 unspecified atom stereocenters. The van der Waals surface area contributed by atoms with Crippen LogP contribution in [0.1, 0.15) is 32.0 Å². The van der Waals surface area contributed by atoms with Gasteiger partial charge in [-0.1, -0.05) is 28.1 Å². The number of nitrogens with one attached hydrogen (secondary N) is 1. The summed E-state index contributed by atoms with van der Waals surface area (Å²) < 4.78 is 6.77. The highest BCUT2D eigenvalue weighted by atomic mass is 79.9. The number of nitrogens with zero attached hydrogens (tertiary/aromatic N) is 1. The number of aryl methyl sites for hydroxylation is 1. The van der Waals surface area contributed by atoms with Crippen molar-refractivity contribution in [3.05, 3.63) is 52.1 Å². The summed E-state index contributed by atoms with van der Waals surface area (Å²) in [7, 11) is 0. The number of hydrogen-bond donors (Lipinski definition) is 1. The number of aromatic nitrogens is 1. The molecule has 0 fully saturated rings. The Morgan fingerprint density at radius 2 is 1.95 bits per heavy atom. The Morgan fingerprint density at radius 1 is 1.19 bits per heavy atom. The van der Waals surface area contributed by atoms with Gasteiger partial charge in [0.2, 0.25) is 5.88 Å². The molecule has 4 heteroatoms. The van der Waals surface area contributed by atoms with Crippen LogP contribution >= 0.6 is 15.9 Å². The number of ether oxygens (including phenoxy) is 1. The van der Waals surface area contributed by atoms with Gasteiger partial charge in [0.05, 0.1) is 0 Å². The monoisotopic (exact) mass is 348 g/mol. The minimum absolute atomic E-state index is 0.0952. The molecular formula is C17H21BrN2O. The van der Waals surface area contributed by atoms with Crippen LogP contribution in [0.4, 0.5) is 0 Å². The van der Waals surface area contributed by atoms with E-state index in [1.807, 2.05) is 37.3 Å². The van der Waals surface area contributed by atoms with Crippen molar-refractivity contribution < 1.29 is 4.74 Å². The van der Waals surface area contributed by atoms with E-state index in [4.69, 9.17) is 4.74 Å². The Bertz CT molecular complexity index is 620. The SMILES string of the molecule is Cc1nc(Oc2cccc(Br)c2)ccc1CNC(C)(C)C. The molecule has 0 atom stereocenters. The van der Waals surface area contributed by atoms with Gasteiger partial charge in [-0.15, -0.1) is 0 Å². The van der Waals surface area contributed by atoms with Crippen LogP contribution in [0.15, 0.2) is 40.9 Å². The fourth-order valence-corrected chi connectivity index (χ4v) is 2.20. The second-order valence-corrected chi connectivity index (χ2v) is 6.97.